The van der Waals surface area contributed by atoms with Crippen LogP contribution >= 0.6 is 0 Å². The average molecular weight is 127 g/mol. The summed E-state index contributed by atoms with van der Waals surface area (Å²) in [5.41, 5.74) is 4.81. The molecule has 0 aromatic heterocycles. The number of rotatable bonds is 2. The van der Waals surface area contributed by atoms with Gasteiger partial charge in [0, 0.05) is 6.54 Å². The van der Waals surface area contributed by atoms with Crippen LogP contribution in [0.3, 0.4) is 0 Å². The van der Waals surface area contributed by atoms with E-state index < -0.39 is 5.54 Å². The predicted molar refractivity (Wildman–Crippen MR) is 36.8 cm³/mol. The van der Waals surface area contributed by atoms with E-state index in [1.165, 1.54) is 0 Å². The van der Waals surface area contributed by atoms with Crippen LogP contribution in [0.4, 0.5) is 0 Å². The highest BCUT2D eigenvalue weighted by Crippen LogP contribution is 1.96. The Labute approximate surface area is 56.1 Å². The zero-order valence-electron chi connectivity index (χ0n) is 6.18. The van der Waals surface area contributed by atoms with E-state index in [1.54, 1.807) is 6.92 Å². The van der Waals surface area contributed by atoms with E-state index >= 15 is 0 Å². The lowest BCUT2D eigenvalue weighted by Crippen LogP contribution is -2.44. The first-order valence-corrected chi connectivity index (χ1v) is 2.83. The van der Waals surface area contributed by atoms with E-state index in [-0.39, 0.29) is 0 Å². The molecule has 0 unspecified atom stereocenters. The summed E-state index contributed by atoms with van der Waals surface area (Å²) < 4.78 is 0. The fourth-order valence-electron chi connectivity index (χ4n) is 0.692. The van der Waals surface area contributed by atoms with Gasteiger partial charge in [0.25, 0.3) is 0 Å². The highest BCUT2D eigenvalue weighted by Gasteiger charge is 2.17. The topological polar surface area (TPSA) is 53.0 Å². The Hall–Kier alpha value is -0.590. The van der Waals surface area contributed by atoms with Gasteiger partial charge in [0.2, 0.25) is 0 Å². The maximum atomic E-state index is 8.44. The highest BCUT2D eigenvalue weighted by atomic mass is 15.1. The molecule has 0 rings (SSSR count). The predicted octanol–water partition coefficient (Wildman–Crippen LogP) is -0.211. The lowest BCUT2D eigenvalue weighted by atomic mass is 10.1. The molecule has 1 atom stereocenters. The maximum Gasteiger partial charge on any atom is 0.114 e. The summed E-state index contributed by atoms with van der Waals surface area (Å²) in [6, 6.07) is 2.01. The second-order valence-corrected chi connectivity index (χ2v) is 2.77. The molecule has 0 fully saturated rings. The van der Waals surface area contributed by atoms with Crippen molar-refractivity contribution in [3.05, 3.63) is 0 Å². The highest BCUT2D eigenvalue weighted by molar-refractivity contribution is 5.02. The average Bonchev–Trinajstić information content (AvgIpc) is 1.63. The maximum absolute atomic E-state index is 8.44. The second kappa shape index (κ2) is 2.81. The van der Waals surface area contributed by atoms with Gasteiger partial charge in [-0.05, 0) is 21.0 Å². The molecular weight excluding hydrogens is 114 g/mol. The van der Waals surface area contributed by atoms with E-state index in [4.69, 9.17) is 11.0 Å². The van der Waals surface area contributed by atoms with Crippen molar-refractivity contribution < 1.29 is 0 Å². The van der Waals surface area contributed by atoms with Crippen LogP contribution in [0.15, 0.2) is 0 Å². The van der Waals surface area contributed by atoms with Crippen LogP contribution in [0.25, 0.3) is 0 Å². The number of nitrogens with zero attached hydrogens (tertiary/aromatic N) is 2. The molecule has 0 saturated carbocycles. The molecule has 3 heteroatoms. The van der Waals surface area contributed by atoms with Crippen LogP contribution < -0.4 is 5.73 Å². The summed E-state index contributed by atoms with van der Waals surface area (Å²) in [6.07, 6.45) is 0. The van der Waals surface area contributed by atoms with Crippen molar-refractivity contribution in [2.24, 2.45) is 5.73 Å². The number of nitrogens with two attached hydrogens (primary N) is 1. The van der Waals surface area contributed by atoms with Crippen molar-refractivity contribution in [2.45, 2.75) is 12.5 Å². The molecule has 0 aromatic carbocycles. The number of nitriles is 1. The molecule has 0 spiro atoms. The number of hydrogen-bond acceptors (Lipinski definition) is 3. The largest absolute Gasteiger partial charge is 0.313 e. The van der Waals surface area contributed by atoms with Crippen molar-refractivity contribution in [1.29, 1.82) is 5.26 Å². The van der Waals surface area contributed by atoms with Crippen molar-refractivity contribution in [2.75, 3.05) is 20.6 Å². The van der Waals surface area contributed by atoms with Gasteiger partial charge in [-0.15, -0.1) is 0 Å². The molecule has 0 aliphatic heterocycles. The first-order chi connectivity index (χ1) is 3.98. The van der Waals surface area contributed by atoms with Gasteiger partial charge >= 0.3 is 0 Å². The van der Waals surface area contributed by atoms with Gasteiger partial charge in [0.15, 0.2) is 0 Å². The van der Waals surface area contributed by atoms with Gasteiger partial charge < -0.3 is 10.6 Å². The van der Waals surface area contributed by atoms with Gasteiger partial charge in [-0.1, -0.05) is 0 Å². The second-order valence-electron chi connectivity index (χ2n) is 2.77. The van der Waals surface area contributed by atoms with E-state index in [1.807, 2.05) is 25.1 Å². The Bertz CT molecular complexity index is 121. The molecule has 0 radical (unpaired) electrons. The first-order valence-electron chi connectivity index (χ1n) is 2.83. The zero-order valence-corrected chi connectivity index (χ0v) is 6.18. The Morgan fingerprint density at radius 1 is 1.67 bits per heavy atom. The first kappa shape index (κ1) is 8.41. The smallest absolute Gasteiger partial charge is 0.114 e. The summed E-state index contributed by atoms with van der Waals surface area (Å²) in [5.74, 6) is 0. The Balaban J connectivity index is 3.76. The molecule has 0 bridgehead atoms. The van der Waals surface area contributed by atoms with E-state index in [2.05, 4.69) is 0 Å². The van der Waals surface area contributed by atoms with Crippen LogP contribution in [-0.2, 0) is 0 Å². The summed E-state index contributed by atoms with van der Waals surface area (Å²) in [4.78, 5) is 1.89. The van der Waals surface area contributed by atoms with E-state index in [0.29, 0.717) is 6.54 Å². The van der Waals surface area contributed by atoms with Gasteiger partial charge in [0.05, 0.1) is 6.07 Å². The van der Waals surface area contributed by atoms with Crippen LogP contribution in [-0.4, -0.2) is 31.1 Å². The minimum atomic E-state index is -0.705. The summed E-state index contributed by atoms with van der Waals surface area (Å²) in [6.45, 7) is 2.32. The van der Waals surface area contributed by atoms with Gasteiger partial charge in [-0.25, -0.2) is 0 Å². The van der Waals surface area contributed by atoms with Crippen molar-refractivity contribution >= 4 is 0 Å². The van der Waals surface area contributed by atoms with Crippen molar-refractivity contribution in [1.82, 2.24) is 4.90 Å². The standard InChI is InChI=1S/C6H13N3/c1-6(8,4-7)5-9(2)3/h5,8H2,1-3H3/t6-/m0/s1. The third-order valence-corrected chi connectivity index (χ3v) is 0.900. The molecule has 0 saturated heterocycles. The Morgan fingerprint density at radius 3 is 2.22 bits per heavy atom. The SMILES string of the molecule is CN(C)C[C@@](C)(N)C#N. The molecule has 52 valence electrons. The van der Waals surface area contributed by atoms with Gasteiger partial charge in [-0.3, -0.25) is 0 Å². The van der Waals surface area contributed by atoms with Crippen LogP contribution in [0.5, 0.6) is 0 Å². The lowest BCUT2D eigenvalue weighted by molar-refractivity contribution is 0.344. The summed E-state index contributed by atoms with van der Waals surface area (Å²) >= 11 is 0. The van der Waals surface area contributed by atoms with Crippen molar-refractivity contribution in [3.63, 3.8) is 0 Å². The lowest BCUT2D eigenvalue weighted by Gasteiger charge is -2.19. The minimum absolute atomic E-state index is 0.601. The van der Waals surface area contributed by atoms with Crippen molar-refractivity contribution in [3.8, 4) is 6.07 Å². The third-order valence-electron chi connectivity index (χ3n) is 0.900. The normalized spacial score (nSPS) is 16.9. The molecule has 0 heterocycles. The molecule has 0 aliphatic rings. The summed E-state index contributed by atoms with van der Waals surface area (Å²) in [7, 11) is 3.78. The Kier molecular flexibility index (Phi) is 2.63. The quantitative estimate of drug-likeness (QED) is 0.558. The molecule has 3 nitrogen and oxygen atoms in total. The zero-order chi connectivity index (χ0) is 7.49. The Morgan fingerprint density at radius 2 is 2.11 bits per heavy atom. The van der Waals surface area contributed by atoms with Crippen LogP contribution in [0.1, 0.15) is 6.92 Å². The van der Waals surface area contributed by atoms with E-state index in [9.17, 15) is 0 Å². The monoisotopic (exact) mass is 127 g/mol. The molecular formula is C6H13N3. The van der Waals surface area contributed by atoms with Crippen LogP contribution in [0.2, 0.25) is 0 Å². The molecule has 0 aromatic rings. The van der Waals surface area contributed by atoms with Crippen LogP contribution in [0, 0.1) is 11.3 Å². The molecule has 9 heavy (non-hydrogen) atoms. The third kappa shape index (κ3) is 3.95. The minimum Gasteiger partial charge on any atom is -0.313 e. The van der Waals surface area contributed by atoms with E-state index in [0.717, 1.165) is 0 Å². The van der Waals surface area contributed by atoms with Gasteiger partial charge in [-0.2, -0.15) is 5.26 Å². The molecule has 0 aliphatic carbocycles. The van der Waals surface area contributed by atoms with Gasteiger partial charge in [0.1, 0.15) is 5.54 Å². The molecule has 0 amide bonds. The number of likely N-dealkylation sites (N-methyl/N-ethyl adjacent to an activating group) is 1. The number of hydrogen-bond donors (Lipinski definition) is 1. The summed E-state index contributed by atoms with van der Waals surface area (Å²) in [5, 5.41) is 8.44. The fourth-order valence-corrected chi connectivity index (χ4v) is 0.692. The molecule has 2 N–H and O–H groups in total. The fraction of sp³-hybridized carbons (Fsp3) is 0.833.